The molecule has 1 saturated carbocycles. The number of hydrogen-bond donors (Lipinski definition) is 0. The molecule has 1 aliphatic heterocycles. The number of Topliss-reactive ketones (excluding diaryl/α,β-unsaturated/α-hetero) is 2. The second kappa shape index (κ2) is 8.11. The lowest BCUT2D eigenvalue weighted by Gasteiger charge is -2.52. The van der Waals surface area contributed by atoms with Crippen LogP contribution in [0.5, 0.6) is 5.75 Å². The summed E-state index contributed by atoms with van der Waals surface area (Å²) in [6.07, 6.45) is -1.27. The van der Waals surface area contributed by atoms with Gasteiger partial charge in [0.25, 0.3) is 5.91 Å². The summed E-state index contributed by atoms with van der Waals surface area (Å²) in [5.74, 6) is -1.85. The first-order chi connectivity index (χ1) is 15.1. The smallest absolute Gasteiger partial charge is 0.256 e. The quantitative estimate of drug-likeness (QED) is 0.673. The Kier molecular flexibility index (Phi) is 5.61. The lowest BCUT2D eigenvalue weighted by atomic mass is 9.63. The van der Waals surface area contributed by atoms with Gasteiger partial charge in [-0.3, -0.25) is 14.4 Å². The fourth-order valence-electron chi connectivity index (χ4n) is 5.02. The number of benzene rings is 2. The number of amides is 1. The molecular formula is C25H25F2NO4. The van der Waals surface area contributed by atoms with Crippen molar-refractivity contribution < 1.29 is 27.9 Å². The predicted octanol–water partition coefficient (Wildman–Crippen LogP) is 4.01. The molecule has 4 rings (SSSR count). The predicted molar refractivity (Wildman–Crippen MR) is 115 cm³/mol. The number of carbonyl (C=O) groups is 3. The molecule has 2 aromatic carbocycles. The number of aryl methyl sites for hydroxylation is 1. The van der Waals surface area contributed by atoms with Gasteiger partial charge in [0, 0.05) is 36.9 Å². The van der Waals surface area contributed by atoms with Crippen molar-refractivity contribution in [3.8, 4) is 16.9 Å². The molecule has 1 aliphatic carbocycles. The van der Waals surface area contributed by atoms with E-state index >= 15 is 0 Å². The van der Waals surface area contributed by atoms with E-state index in [-0.39, 0.29) is 43.3 Å². The van der Waals surface area contributed by atoms with Crippen LogP contribution in [0.25, 0.3) is 11.1 Å². The van der Waals surface area contributed by atoms with E-state index in [4.69, 9.17) is 4.74 Å². The van der Waals surface area contributed by atoms with Gasteiger partial charge in [-0.05, 0) is 48.7 Å². The zero-order valence-corrected chi connectivity index (χ0v) is 18.3. The minimum Gasteiger partial charge on any atom is -0.496 e. The fraction of sp³-hybridized carbons (Fsp3) is 0.400. The molecule has 5 nitrogen and oxygen atoms in total. The Labute approximate surface area is 185 Å². The molecule has 0 radical (unpaired) electrons. The summed E-state index contributed by atoms with van der Waals surface area (Å²) in [7, 11) is 1.49. The molecule has 0 aromatic heterocycles. The lowest BCUT2D eigenvalue weighted by Crippen LogP contribution is -2.63. The highest BCUT2D eigenvalue weighted by Gasteiger charge is 2.54. The van der Waals surface area contributed by atoms with Crippen molar-refractivity contribution >= 4 is 17.5 Å². The summed E-state index contributed by atoms with van der Waals surface area (Å²) in [6.45, 7) is 3.46. The van der Waals surface area contributed by atoms with Crippen molar-refractivity contribution in [1.29, 1.82) is 0 Å². The van der Waals surface area contributed by atoms with Crippen molar-refractivity contribution in [1.82, 2.24) is 4.90 Å². The number of rotatable bonds is 4. The van der Waals surface area contributed by atoms with Crippen LogP contribution in [-0.2, 0) is 14.4 Å². The number of likely N-dealkylation sites (tertiary alicyclic amines) is 1. The van der Waals surface area contributed by atoms with Gasteiger partial charge in [0.1, 0.15) is 29.1 Å². The molecule has 2 fully saturated rings. The third-order valence-electron chi connectivity index (χ3n) is 6.48. The molecule has 1 spiro atoms. The normalized spacial score (nSPS) is 19.1. The Morgan fingerprint density at radius 1 is 1.09 bits per heavy atom. The molecule has 0 bridgehead atoms. The molecule has 0 N–H and O–H groups in total. The molecule has 1 amide bonds. The van der Waals surface area contributed by atoms with Crippen molar-refractivity contribution in [2.24, 2.45) is 5.41 Å². The summed E-state index contributed by atoms with van der Waals surface area (Å²) in [6, 6.07) is 9.68. The number of alkyl halides is 1. The van der Waals surface area contributed by atoms with Crippen LogP contribution in [0.3, 0.4) is 0 Å². The maximum Gasteiger partial charge on any atom is 0.256 e. The van der Waals surface area contributed by atoms with E-state index in [1.165, 1.54) is 31.1 Å². The number of hydrogen-bond acceptors (Lipinski definition) is 4. The SMILES string of the molecule is COc1cc(-c2ccc(F)cc2)cc(C)c1C1C(=O)CC2(CC1=O)CN(C(=O)C(C)F)C2. The minimum atomic E-state index is -1.60. The van der Waals surface area contributed by atoms with Crippen molar-refractivity contribution in [2.75, 3.05) is 20.2 Å². The van der Waals surface area contributed by atoms with Crippen LogP contribution in [0.1, 0.15) is 36.8 Å². The van der Waals surface area contributed by atoms with Gasteiger partial charge in [-0.25, -0.2) is 8.78 Å². The van der Waals surface area contributed by atoms with E-state index in [9.17, 15) is 23.2 Å². The zero-order chi connectivity index (χ0) is 23.2. The van der Waals surface area contributed by atoms with Crippen LogP contribution in [0.4, 0.5) is 8.78 Å². The highest BCUT2D eigenvalue weighted by atomic mass is 19.1. The minimum absolute atomic E-state index is 0.163. The molecule has 1 heterocycles. The molecule has 1 saturated heterocycles. The van der Waals surface area contributed by atoms with Crippen molar-refractivity contribution in [2.45, 2.75) is 38.8 Å². The van der Waals surface area contributed by atoms with Gasteiger partial charge in [0.15, 0.2) is 6.17 Å². The first-order valence-electron chi connectivity index (χ1n) is 10.6. The molecular weight excluding hydrogens is 416 g/mol. The molecule has 1 unspecified atom stereocenters. The Bertz CT molecular complexity index is 1070. The Morgan fingerprint density at radius 3 is 2.22 bits per heavy atom. The maximum absolute atomic E-state index is 13.3. The van der Waals surface area contributed by atoms with Crippen LogP contribution in [0.15, 0.2) is 36.4 Å². The third kappa shape index (κ3) is 3.80. The van der Waals surface area contributed by atoms with Crippen molar-refractivity contribution in [3.63, 3.8) is 0 Å². The van der Waals surface area contributed by atoms with Crippen LogP contribution in [0.2, 0.25) is 0 Å². The fourth-order valence-corrected chi connectivity index (χ4v) is 5.02. The van der Waals surface area contributed by atoms with Crippen molar-refractivity contribution in [3.05, 3.63) is 53.3 Å². The Hall–Kier alpha value is -3.09. The van der Waals surface area contributed by atoms with Gasteiger partial charge < -0.3 is 9.64 Å². The summed E-state index contributed by atoms with van der Waals surface area (Å²) < 4.78 is 32.1. The molecule has 7 heteroatoms. The monoisotopic (exact) mass is 441 g/mol. The summed E-state index contributed by atoms with van der Waals surface area (Å²) >= 11 is 0. The highest BCUT2D eigenvalue weighted by molar-refractivity contribution is 6.11. The average Bonchev–Trinajstić information content (AvgIpc) is 2.72. The number of methoxy groups -OCH3 is 1. The maximum atomic E-state index is 13.3. The van der Waals surface area contributed by atoms with Gasteiger partial charge in [-0.2, -0.15) is 0 Å². The van der Waals surface area contributed by atoms with Crippen LogP contribution < -0.4 is 4.74 Å². The van der Waals surface area contributed by atoms with Gasteiger partial charge >= 0.3 is 0 Å². The number of carbonyl (C=O) groups excluding carboxylic acids is 3. The van der Waals surface area contributed by atoms with Gasteiger partial charge in [-0.1, -0.05) is 18.2 Å². The largest absolute Gasteiger partial charge is 0.496 e. The van der Waals surface area contributed by atoms with Crippen LogP contribution in [-0.4, -0.2) is 48.7 Å². The molecule has 2 aromatic rings. The summed E-state index contributed by atoms with van der Waals surface area (Å²) in [4.78, 5) is 39.5. The average molecular weight is 441 g/mol. The van der Waals surface area contributed by atoms with Gasteiger partial charge in [0.2, 0.25) is 0 Å². The van der Waals surface area contributed by atoms with Gasteiger partial charge in [0.05, 0.1) is 7.11 Å². The van der Waals surface area contributed by atoms with Gasteiger partial charge in [-0.15, -0.1) is 0 Å². The standard InChI is InChI=1S/C25H25F2NO4/c1-14-8-17(16-4-6-18(27)7-5-16)9-21(32-3)22(14)23-19(29)10-25(11-20(23)30)12-28(13-25)24(31)15(2)26/h4-9,15,23H,10-13H2,1-3H3. The van der Waals surface area contributed by atoms with Crippen LogP contribution in [0, 0.1) is 18.2 Å². The first kappa shape index (κ1) is 22.1. The second-order valence-electron chi connectivity index (χ2n) is 8.95. The summed E-state index contributed by atoms with van der Waals surface area (Å²) in [5, 5.41) is 0. The van der Waals surface area contributed by atoms with E-state index in [1.54, 1.807) is 18.2 Å². The Balaban J connectivity index is 1.60. The van der Waals surface area contributed by atoms with E-state index in [2.05, 4.69) is 0 Å². The van der Waals surface area contributed by atoms with E-state index in [1.807, 2.05) is 13.0 Å². The summed E-state index contributed by atoms with van der Waals surface area (Å²) in [5.41, 5.74) is 2.28. The molecule has 1 atom stereocenters. The lowest BCUT2D eigenvalue weighted by molar-refractivity contribution is -0.157. The number of ketones is 2. The molecule has 2 aliphatic rings. The topological polar surface area (TPSA) is 63.7 Å². The number of ether oxygens (including phenoxy) is 1. The number of nitrogens with zero attached hydrogens (tertiary/aromatic N) is 1. The second-order valence-corrected chi connectivity index (χ2v) is 8.95. The van der Waals surface area contributed by atoms with E-state index in [0.717, 1.165) is 16.7 Å². The molecule has 168 valence electrons. The number of halogens is 2. The van der Waals surface area contributed by atoms with E-state index in [0.29, 0.717) is 11.3 Å². The zero-order valence-electron chi connectivity index (χ0n) is 18.3. The van der Waals surface area contributed by atoms with E-state index < -0.39 is 23.4 Å². The molecule has 32 heavy (non-hydrogen) atoms. The Morgan fingerprint density at radius 2 is 1.69 bits per heavy atom. The highest BCUT2D eigenvalue weighted by Crippen LogP contribution is 2.47. The third-order valence-corrected chi connectivity index (χ3v) is 6.48. The van der Waals surface area contributed by atoms with Crippen LogP contribution >= 0.6 is 0 Å². The first-order valence-corrected chi connectivity index (χ1v) is 10.6.